The smallest absolute Gasteiger partial charge is 0.141 e. The maximum atomic E-state index is 15.1. The summed E-state index contributed by atoms with van der Waals surface area (Å²) in [5.74, 6) is -0.437. The van der Waals surface area contributed by atoms with Gasteiger partial charge in [0.25, 0.3) is 0 Å². The van der Waals surface area contributed by atoms with Crippen molar-refractivity contribution in [3.8, 4) is 0 Å². The number of fused-ring (bicyclic) bond motifs is 2. The molecule has 2 saturated heterocycles. The highest BCUT2D eigenvalue weighted by Gasteiger charge is 2.50. The van der Waals surface area contributed by atoms with Gasteiger partial charge in [-0.2, -0.15) is 0 Å². The minimum atomic E-state index is -1.54. The fraction of sp³-hybridized carbons (Fsp3) is 0.538. The van der Waals surface area contributed by atoms with E-state index in [0.717, 1.165) is 12.8 Å². The molecule has 0 aliphatic carbocycles. The molecule has 1 aromatic carbocycles. The molecule has 2 bridgehead atoms. The van der Waals surface area contributed by atoms with Crippen LogP contribution in [0.3, 0.4) is 0 Å². The van der Waals surface area contributed by atoms with Crippen molar-refractivity contribution in [3.05, 3.63) is 35.6 Å². The van der Waals surface area contributed by atoms with Crippen LogP contribution in [0, 0.1) is 5.82 Å². The van der Waals surface area contributed by atoms with E-state index in [9.17, 15) is 4.39 Å². The number of halogens is 2. The van der Waals surface area contributed by atoms with Gasteiger partial charge in [0.05, 0.1) is 0 Å². The molecule has 2 N–H and O–H groups in total. The molecule has 0 radical (unpaired) electrons. The van der Waals surface area contributed by atoms with E-state index < -0.39 is 11.5 Å². The van der Waals surface area contributed by atoms with E-state index >= 15 is 4.39 Å². The Morgan fingerprint density at radius 2 is 1.83 bits per heavy atom. The Labute approximate surface area is 110 Å². The van der Waals surface area contributed by atoms with Gasteiger partial charge in [0, 0.05) is 42.6 Å². The molecule has 3 rings (SSSR count). The first-order valence-corrected chi connectivity index (χ1v) is 7.07. The van der Waals surface area contributed by atoms with Gasteiger partial charge in [0.1, 0.15) is 11.5 Å². The summed E-state index contributed by atoms with van der Waals surface area (Å²) >= 11 is 1.20. The number of hydrogen-bond donors (Lipinski definition) is 1. The first kappa shape index (κ1) is 12.4. The summed E-state index contributed by atoms with van der Waals surface area (Å²) in [5, 5.41) is 5.63. The van der Waals surface area contributed by atoms with Crippen LogP contribution >= 0.6 is 12.1 Å². The molecule has 0 aromatic heterocycles. The molecule has 2 aliphatic heterocycles. The molecule has 2 atom stereocenters. The van der Waals surface area contributed by atoms with Crippen LogP contribution in [0.15, 0.2) is 24.3 Å². The summed E-state index contributed by atoms with van der Waals surface area (Å²) in [5.41, 5.74) is -1.33. The van der Waals surface area contributed by atoms with Crippen LogP contribution in [0.5, 0.6) is 0 Å². The number of nitrogens with two attached hydrogens (primary N) is 1. The summed E-state index contributed by atoms with van der Waals surface area (Å²) in [6.45, 7) is 0. The fourth-order valence-electron chi connectivity index (χ4n) is 3.37. The summed E-state index contributed by atoms with van der Waals surface area (Å²) in [7, 11) is 0. The van der Waals surface area contributed by atoms with Gasteiger partial charge in [-0.1, -0.05) is 18.2 Å². The standard InChI is InChI=1S/C13H16F2N2S/c14-12-4-2-1-3-11(12)13(15)7-9-5-6-10(8-13)17(9)18-16/h1-4,9-10H,5-8,16H2. The molecule has 5 heteroatoms. The van der Waals surface area contributed by atoms with Crippen molar-refractivity contribution in [3.63, 3.8) is 0 Å². The highest BCUT2D eigenvalue weighted by molar-refractivity contribution is 7.94. The second-order valence-corrected chi connectivity index (χ2v) is 5.84. The van der Waals surface area contributed by atoms with Crippen LogP contribution in [-0.4, -0.2) is 16.4 Å². The SMILES string of the molecule is NSN1C2CCC1CC(F)(c1ccccc1F)C2. The minimum Gasteiger partial charge on any atom is -0.264 e. The molecule has 2 aliphatic rings. The van der Waals surface area contributed by atoms with Crippen molar-refractivity contribution in [1.29, 1.82) is 0 Å². The van der Waals surface area contributed by atoms with E-state index in [2.05, 4.69) is 4.31 Å². The number of benzene rings is 1. The second kappa shape index (κ2) is 4.47. The molecule has 2 fully saturated rings. The van der Waals surface area contributed by atoms with Crippen molar-refractivity contribution >= 4 is 12.1 Å². The van der Waals surface area contributed by atoms with Gasteiger partial charge in [-0.05, 0) is 18.9 Å². The van der Waals surface area contributed by atoms with Gasteiger partial charge in [-0.25, -0.2) is 13.1 Å². The summed E-state index contributed by atoms with van der Waals surface area (Å²) < 4.78 is 31.0. The van der Waals surface area contributed by atoms with Crippen molar-refractivity contribution in [1.82, 2.24) is 4.31 Å². The lowest BCUT2D eigenvalue weighted by Crippen LogP contribution is -2.45. The topological polar surface area (TPSA) is 29.3 Å². The van der Waals surface area contributed by atoms with Gasteiger partial charge in [-0.3, -0.25) is 5.14 Å². The van der Waals surface area contributed by atoms with E-state index in [1.165, 1.54) is 18.2 Å². The summed E-state index contributed by atoms with van der Waals surface area (Å²) in [6.07, 6.45) is 2.59. The normalized spacial score (nSPS) is 35.9. The van der Waals surface area contributed by atoms with Crippen LogP contribution in [0.25, 0.3) is 0 Å². The molecule has 0 amide bonds. The lowest BCUT2D eigenvalue weighted by Gasteiger charge is -2.40. The third-order valence-electron chi connectivity index (χ3n) is 4.15. The molecular formula is C13H16F2N2S. The summed E-state index contributed by atoms with van der Waals surface area (Å²) in [6, 6.07) is 6.46. The molecule has 98 valence electrons. The number of alkyl halides is 1. The van der Waals surface area contributed by atoms with Gasteiger partial charge in [-0.15, -0.1) is 0 Å². The summed E-state index contributed by atoms with van der Waals surface area (Å²) in [4.78, 5) is 0. The Kier molecular flexibility index (Phi) is 3.08. The van der Waals surface area contributed by atoms with Crippen molar-refractivity contribution in [2.45, 2.75) is 43.4 Å². The molecule has 18 heavy (non-hydrogen) atoms. The van der Waals surface area contributed by atoms with Gasteiger partial charge in [0.15, 0.2) is 0 Å². The molecule has 2 unspecified atom stereocenters. The monoisotopic (exact) mass is 270 g/mol. The maximum absolute atomic E-state index is 15.1. The third-order valence-corrected chi connectivity index (χ3v) is 4.99. The molecular weight excluding hydrogens is 254 g/mol. The van der Waals surface area contributed by atoms with Crippen LogP contribution < -0.4 is 5.14 Å². The van der Waals surface area contributed by atoms with Gasteiger partial charge >= 0.3 is 0 Å². The minimum absolute atomic E-state index is 0.128. The first-order valence-electron chi connectivity index (χ1n) is 6.23. The molecule has 2 heterocycles. The maximum Gasteiger partial charge on any atom is 0.141 e. The first-order chi connectivity index (χ1) is 8.64. The van der Waals surface area contributed by atoms with Crippen molar-refractivity contribution < 1.29 is 8.78 Å². The highest BCUT2D eigenvalue weighted by Crippen LogP contribution is 2.50. The average molecular weight is 270 g/mol. The second-order valence-electron chi connectivity index (χ2n) is 5.20. The van der Waals surface area contributed by atoms with Crippen LogP contribution in [0.4, 0.5) is 8.78 Å². The Bertz CT molecular complexity index is 440. The Hall–Kier alpha value is -0.650. The predicted molar refractivity (Wildman–Crippen MR) is 68.8 cm³/mol. The Morgan fingerprint density at radius 1 is 1.22 bits per heavy atom. The number of piperidine rings is 1. The fourth-order valence-corrected chi connectivity index (χ4v) is 4.07. The third kappa shape index (κ3) is 1.85. The molecule has 1 aromatic rings. The van der Waals surface area contributed by atoms with E-state index in [0.29, 0.717) is 12.8 Å². The number of hydrogen-bond acceptors (Lipinski definition) is 3. The zero-order valence-electron chi connectivity index (χ0n) is 9.98. The zero-order valence-corrected chi connectivity index (χ0v) is 10.8. The predicted octanol–water partition coefficient (Wildman–Crippen LogP) is 3.14. The zero-order chi connectivity index (χ0) is 12.8. The molecule has 0 spiro atoms. The lowest BCUT2D eigenvalue weighted by atomic mass is 9.83. The van der Waals surface area contributed by atoms with Gasteiger partial charge in [0.2, 0.25) is 0 Å². The van der Waals surface area contributed by atoms with E-state index in [1.807, 2.05) is 0 Å². The largest absolute Gasteiger partial charge is 0.264 e. The Morgan fingerprint density at radius 3 is 2.39 bits per heavy atom. The van der Waals surface area contributed by atoms with Gasteiger partial charge < -0.3 is 0 Å². The number of rotatable bonds is 2. The van der Waals surface area contributed by atoms with E-state index in [-0.39, 0.29) is 17.6 Å². The van der Waals surface area contributed by atoms with Crippen LogP contribution in [0.1, 0.15) is 31.2 Å². The lowest BCUT2D eigenvalue weighted by molar-refractivity contribution is 0.0492. The average Bonchev–Trinajstić information content (AvgIpc) is 2.62. The number of nitrogens with zero attached hydrogens (tertiary/aromatic N) is 1. The molecule has 0 saturated carbocycles. The van der Waals surface area contributed by atoms with Crippen molar-refractivity contribution in [2.24, 2.45) is 5.14 Å². The van der Waals surface area contributed by atoms with Crippen LogP contribution in [0.2, 0.25) is 0 Å². The highest BCUT2D eigenvalue weighted by atomic mass is 32.2. The van der Waals surface area contributed by atoms with E-state index in [4.69, 9.17) is 5.14 Å². The van der Waals surface area contributed by atoms with Crippen molar-refractivity contribution in [2.75, 3.05) is 0 Å². The quantitative estimate of drug-likeness (QED) is 0.837. The Balaban J connectivity index is 1.92. The molecule has 2 nitrogen and oxygen atoms in total. The van der Waals surface area contributed by atoms with E-state index in [1.54, 1.807) is 18.2 Å². The van der Waals surface area contributed by atoms with Crippen LogP contribution in [-0.2, 0) is 5.67 Å².